The van der Waals surface area contributed by atoms with E-state index in [-0.39, 0.29) is 35.2 Å². The molecule has 1 heterocycles. The molecule has 174 valence electrons. The van der Waals surface area contributed by atoms with Crippen molar-refractivity contribution in [3.63, 3.8) is 0 Å². The topological polar surface area (TPSA) is 96.5 Å². The summed E-state index contributed by atoms with van der Waals surface area (Å²) in [4.78, 5) is 28.0. The zero-order chi connectivity index (χ0) is 23.5. The van der Waals surface area contributed by atoms with Crippen LogP contribution in [0.4, 0.5) is 4.39 Å². The highest BCUT2D eigenvalue weighted by molar-refractivity contribution is 7.89. The minimum atomic E-state index is -4.02. The molecule has 0 saturated heterocycles. The van der Waals surface area contributed by atoms with E-state index in [1.807, 2.05) is 0 Å². The third-order valence-corrected chi connectivity index (χ3v) is 7.89. The molecule has 0 aliphatic heterocycles. The van der Waals surface area contributed by atoms with Crippen molar-refractivity contribution in [2.24, 2.45) is 5.92 Å². The van der Waals surface area contributed by atoms with Crippen molar-refractivity contribution in [3.8, 4) is 0 Å². The van der Waals surface area contributed by atoms with Crippen LogP contribution in [0, 0.1) is 25.6 Å². The first kappa shape index (κ1) is 24.1. The molecule has 1 aromatic heterocycles. The molecule has 1 aliphatic rings. The Morgan fingerprint density at radius 3 is 2.34 bits per heavy atom. The van der Waals surface area contributed by atoms with Gasteiger partial charge in [-0.25, -0.2) is 17.6 Å². The first-order chi connectivity index (χ1) is 15.1. The number of benzene rings is 1. The fourth-order valence-electron chi connectivity index (χ4n) is 4.37. The standard InChI is InChI=1S/C23H29FN2O5S/c1-15-21(16(2)25-22(15)23(28)31-3)20(27)14-26(13-17-7-5-4-6-8-17)32(29,30)19-11-9-18(24)10-12-19/h9-12,17,25H,4-8,13-14H2,1-3H3. The molecule has 1 aromatic carbocycles. The molecular formula is C23H29FN2O5S. The van der Waals surface area contributed by atoms with Crippen molar-refractivity contribution >= 4 is 21.8 Å². The van der Waals surface area contributed by atoms with Gasteiger partial charge in [0.15, 0.2) is 5.78 Å². The van der Waals surface area contributed by atoms with Gasteiger partial charge in [0, 0.05) is 17.8 Å². The van der Waals surface area contributed by atoms with Crippen molar-refractivity contribution in [1.29, 1.82) is 0 Å². The molecule has 1 aliphatic carbocycles. The number of ether oxygens (including phenoxy) is 1. The van der Waals surface area contributed by atoms with Crippen molar-refractivity contribution < 1.29 is 27.1 Å². The second kappa shape index (κ2) is 9.95. The highest BCUT2D eigenvalue weighted by atomic mass is 32.2. The van der Waals surface area contributed by atoms with Gasteiger partial charge in [-0.2, -0.15) is 4.31 Å². The Balaban J connectivity index is 1.93. The summed E-state index contributed by atoms with van der Waals surface area (Å²) in [6.45, 7) is 3.14. The molecule has 1 N–H and O–H groups in total. The first-order valence-electron chi connectivity index (χ1n) is 10.7. The van der Waals surface area contributed by atoms with Crippen molar-refractivity contribution in [3.05, 3.63) is 52.6 Å². The Labute approximate surface area is 188 Å². The number of aryl methyl sites for hydroxylation is 1. The zero-order valence-corrected chi connectivity index (χ0v) is 19.4. The molecule has 0 bridgehead atoms. The van der Waals surface area contributed by atoms with E-state index in [0.29, 0.717) is 11.3 Å². The molecular weight excluding hydrogens is 435 g/mol. The number of aromatic nitrogens is 1. The Hall–Kier alpha value is -2.52. The third kappa shape index (κ3) is 5.10. The van der Waals surface area contributed by atoms with E-state index in [4.69, 9.17) is 4.74 Å². The number of methoxy groups -OCH3 is 1. The Kier molecular flexibility index (Phi) is 7.51. The van der Waals surface area contributed by atoms with Crippen LogP contribution >= 0.6 is 0 Å². The average Bonchev–Trinajstić information content (AvgIpc) is 3.07. The van der Waals surface area contributed by atoms with E-state index < -0.39 is 27.6 Å². The van der Waals surface area contributed by atoms with Crippen LogP contribution in [0.15, 0.2) is 29.2 Å². The zero-order valence-electron chi connectivity index (χ0n) is 18.6. The number of hydrogen-bond donors (Lipinski definition) is 1. The summed E-state index contributed by atoms with van der Waals surface area (Å²) in [5.41, 5.74) is 1.36. The van der Waals surface area contributed by atoms with Crippen LogP contribution in [0.25, 0.3) is 0 Å². The Morgan fingerprint density at radius 1 is 1.12 bits per heavy atom. The quantitative estimate of drug-likeness (QED) is 0.470. The SMILES string of the molecule is COC(=O)c1[nH]c(C)c(C(=O)CN(CC2CCCCC2)S(=O)(=O)c2ccc(F)cc2)c1C. The molecule has 1 saturated carbocycles. The molecule has 3 rings (SSSR count). The fraction of sp³-hybridized carbons (Fsp3) is 0.478. The number of Topliss-reactive ketones (excluding diaryl/α,β-unsaturated/α-hetero) is 1. The van der Waals surface area contributed by atoms with E-state index in [0.717, 1.165) is 44.2 Å². The van der Waals surface area contributed by atoms with Crippen LogP contribution < -0.4 is 0 Å². The number of halogens is 1. The van der Waals surface area contributed by atoms with Gasteiger partial charge in [-0.1, -0.05) is 19.3 Å². The summed E-state index contributed by atoms with van der Waals surface area (Å²) in [6, 6.07) is 4.61. The number of H-pyrrole nitrogens is 1. The molecule has 0 spiro atoms. The van der Waals surface area contributed by atoms with E-state index in [9.17, 15) is 22.4 Å². The highest BCUT2D eigenvalue weighted by Gasteiger charge is 2.32. The van der Waals surface area contributed by atoms with Gasteiger partial charge in [-0.05, 0) is 62.4 Å². The monoisotopic (exact) mass is 464 g/mol. The van der Waals surface area contributed by atoms with Crippen LogP contribution in [0.5, 0.6) is 0 Å². The van der Waals surface area contributed by atoms with E-state index in [2.05, 4.69) is 4.98 Å². The lowest BCUT2D eigenvalue weighted by molar-refractivity contribution is 0.0593. The lowest BCUT2D eigenvalue weighted by Gasteiger charge is -2.29. The molecule has 0 radical (unpaired) electrons. The normalized spacial score (nSPS) is 15.2. The lowest BCUT2D eigenvalue weighted by atomic mass is 9.89. The van der Waals surface area contributed by atoms with Gasteiger partial charge in [0.1, 0.15) is 11.5 Å². The number of rotatable bonds is 8. The van der Waals surface area contributed by atoms with E-state index in [1.54, 1.807) is 13.8 Å². The number of ketones is 1. The molecule has 0 unspecified atom stereocenters. The van der Waals surface area contributed by atoms with E-state index >= 15 is 0 Å². The summed E-state index contributed by atoms with van der Waals surface area (Å²) < 4.78 is 46.1. The van der Waals surface area contributed by atoms with Gasteiger partial charge in [0.05, 0.1) is 18.6 Å². The minimum absolute atomic E-state index is 0.0553. The second-order valence-electron chi connectivity index (χ2n) is 8.30. The second-order valence-corrected chi connectivity index (χ2v) is 10.2. The van der Waals surface area contributed by atoms with Crippen LogP contribution in [0.1, 0.15) is 64.2 Å². The van der Waals surface area contributed by atoms with Gasteiger partial charge in [-0.15, -0.1) is 0 Å². The number of nitrogens with zero attached hydrogens (tertiary/aromatic N) is 1. The number of sulfonamides is 1. The molecule has 2 aromatic rings. The molecule has 0 amide bonds. The number of esters is 1. The van der Waals surface area contributed by atoms with Crippen LogP contribution in [-0.2, 0) is 14.8 Å². The maximum absolute atomic E-state index is 13.4. The van der Waals surface area contributed by atoms with Gasteiger partial charge in [0.2, 0.25) is 10.0 Å². The van der Waals surface area contributed by atoms with Crippen LogP contribution in [-0.4, -0.2) is 49.7 Å². The molecule has 9 heteroatoms. The van der Waals surface area contributed by atoms with Gasteiger partial charge >= 0.3 is 5.97 Å². The molecule has 7 nitrogen and oxygen atoms in total. The minimum Gasteiger partial charge on any atom is -0.464 e. The number of carbonyl (C=O) groups excluding carboxylic acids is 2. The van der Waals surface area contributed by atoms with Gasteiger partial charge < -0.3 is 9.72 Å². The highest BCUT2D eigenvalue weighted by Crippen LogP contribution is 2.28. The first-order valence-corrected chi connectivity index (χ1v) is 12.2. The predicted molar refractivity (Wildman–Crippen MR) is 118 cm³/mol. The summed E-state index contributed by atoms with van der Waals surface area (Å²) in [6.07, 6.45) is 4.98. The lowest BCUT2D eigenvalue weighted by Crippen LogP contribution is -2.39. The van der Waals surface area contributed by atoms with E-state index in [1.165, 1.54) is 23.5 Å². The molecule has 1 fully saturated rings. The van der Waals surface area contributed by atoms with Crippen molar-refractivity contribution in [2.45, 2.75) is 50.8 Å². The van der Waals surface area contributed by atoms with Crippen LogP contribution in [0.3, 0.4) is 0 Å². The maximum atomic E-state index is 13.4. The number of aromatic amines is 1. The maximum Gasteiger partial charge on any atom is 0.354 e. The van der Waals surface area contributed by atoms with Crippen molar-refractivity contribution in [1.82, 2.24) is 9.29 Å². The summed E-state index contributed by atoms with van der Waals surface area (Å²) in [5.74, 6) is -1.38. The average molecular weight is 465 g/mol. The summed E-state index contributed by atoms with van der Waals surface area (Å²) >= 11 is 0. The number of carbonyl (C=O) groups is 2. The number of nitrogens with one attached hydrogen (secondary N) is 1. The number of hydrogen-bond acceptors (Lipinski definition) is 5. The molecule has 32 heavy (non-hydrogen) atoms. The Morgan fingerprint density at radius 2 is 1.75 bits per heavy atom. The fourth-order valence-corrected chi connectivity index (χ4v) is 5.85. The smallest absolute Gasteiger partial charge is 0.354 e. The molecule has 0 atom stereocenters. The predicted octanol–water partition coefficient (Wildman–Crippen LogP) is 4.01. The van der Waals surface area contributed by atoms with Crippen molar-refractivity contribution in [2.75, 3.05) is 20.2 Å². The Bertz CT molecular complexity index is 1090. The van der Waals surface area contributed by atoms with Crippen LogP contribution in [0.2, 0.25) is 0 Å². The third-order valence-electron chi connectivity index (χ3n) is 6.06. The largest absolute Gasteiger partial charge is 0.464 e. The summed E-state index contributed by atoms with van der Waals surface area (Å²) in [5, 5.41) is 0. The van der Waals surface area contributed by atoms with Gasteiger partial charge in [0.25, 0.3) is 0 Å². The summed E-state index contributed by atoms with van der Waals surface area (Å²) in [7, 11) is -2.77. The van der Waals surface area contributed by atoms with Gasteiger partial charge in [-0.3, -0.25) is 4.79 Å².